The highest BCUT2D eigenvalue weighted by molar-refractivity contribution is 7.89. The lowest BCUT2D eigenvalue weighted by Crippen LogP contribution is -2.37. The second kappa shape index (κ2) is 4.97. The number of nitrogens with zero attached hydrogens (tertiary/aromatic N) is 1. The van der Waals surface area contributed by atoms with E-state index in [2.05, 4.69) is 14.9 Å². The summed E-state index contributed by atoms with van der Waals surface area (Å²) in [5.74, 6) is 0. The third-order valence-electron chi connectivity index (χ3n) is 4.71. The Labute approximate surface area is 125 Å². The second-order valence-electron chi connectivity index (χ2n) is 6.33. The molecular weight excluding hydrogens is 286 g/mol. The van der Waals surface area contributed by atoms with Crippen LogP contribution in [0.2, 0.25) is 0 Å². The molecule has 1 atom stereocenters. The van der Waals surface area contributed by atoms with Gasteiger partial charge in [-0.05, 0) is 43.4 Å². The number of nitrogens with one attached hydrogen (secondary N) is 2. The monoisotopic (exact) mass is 307 g/mol. The van der Waals surface area contributed by atoms with Crippen LogP contribution in [0.3, 0.4) is 0 Å². The van der Waals surface area contributed by atoms with Gasteiger partial charge in [0.2, 0.25) is 10.0 Å². The number of hydrogen-bond acceptors (Lipinski definition) is 4. The molecule has 1 saturated carbocycles. The van der Waals surface area contributed by atoms with E-state index in [9.17, 15) is 8.42 Å². The van der Waals surface area contributed by atoms with Crippen LogP contribution < -0.4 is 10.0 Å². The summed E-state index contributed by atoms with van der Waals surface area (Å²) in [5.41, 5.74) is 2.17. The molecule has 2 aliphatic heterocycles. The molecular formula is C15H21N3O2S. The first-order valence-corrected chi connectivity index (χ1v) is 9.23. The first kappa shape index (κ1) is 13.5. The largest absolute Gasteiger partial charge is 0.384 e. The number of sulfonamides is 1. The van der Waals surface area contributed by atoms with Gasteiger partial charge in [0.1, 0.15) is 0 Å². The van der Waals surface area contributed by atoms with Crippen molar-refractivity contribution in [3.8, 4) is 0 Å². The first-order chi connectivity index (χ1) is 10.1. The predicted molar refractivity (Wildman–Crippen MR) is 82.0 cm³/mol. The zero-order valence-electron chi connectivity index (χ0n) is 12.0. The fraction of sp³-hybridized carbons (Fsp3) is 0.600. The molecule has 0 aromatic heterocycles. The number of likely N-dealkylation sites (tertiary alicyclic amines) is 1. The minimum Gasteiger partial charge on any atom is -0.384 e. The Balaban J connectivity index is 1.48. The van der Waals surface area contributed by atoms with Crippen molar-refractivity contribution in [2.24, 2.45) is 0 Å². The van der Waals surface area contributed by atoms with Crippen LogP contribution in [0.4, 0.5) is 5.69 Å². The van der Waals surface area contributed by atoms with Crippen molar-refractivity contribution in [1.29, 1.82) is 0 Å². The highest BCUT2D eigenvalue weighted by Gasteiger charge is 2.35. The summed E-state index contributed by atoms with van der Waals surface area (Å²) in [4.78, 5) is 2.79. The lowest BCUT2D eigenvalue weighted by molar-refractivity contribution is 0.322. The number of anilines is 1. The second-order valence-corrected chi connectivity index (χ2v) is 8.04. The van der Waals surface area contributed by atoms with E-state index in [0.29, 0.717) is 10.9 Å². The topological polar surface area (TPSA) is 61.4 Å². The zero-order valence-corrected chi connectivity index (χ0v) is 12.8. The normalized spacial score (nSPS) is 25.8. The standard InChI is InChI=1S/C15H21N3O2S/c19-21(20,14-4-1-11-5-7-16-15(11)9-14)17-12-6-8-18(10-12)13-2-3-13/h1,4,9,12-13,16-17H,2-3,5-8,10H2. The van der Waals surface area contributed by atoms with Crippen LogP contribution in [0.25, 0.3) is 0 Å². The fourth-order valence-corrected chi connectivity index (χ4v) is 4.67. The molecule has 2 fully saturated rings. The van der Waals surface area contributed by atoms with Crippen molar-refractivity contribution in [3.63, 3.8) is 0 Å². The molecule has 6 heteroatoms. The molecule has 1 unspecified atom stereocenters. The molecule has 0 spiro atoms. The molecule has 0 bridgehead atoms. The average Bonchev–Trinajstić information content (AvgIpc) is 3.02. The molecule has 2 heterocycles. The Hall–Kier alpha value is -1.11. The van der Waals surface area contributed by atoms with E-state index < -0.39 is 10.0 Å². The van der Waals surface area contributed by atoms with E-state index in [4.69, 9.17) is 0 Å². The molecule has 0 radical (unpaired) electrons. The molecule has 4 rings (SSSR count). The number of fused-ring (bicyclic) bond motifs is 1. The Kier molecular flexibility index (Phi) is 3.20. The van der Waals surface area contributed by atoms with Gasteiger partial charge in [0, 0.05) is 37.4 Å². The van der Waals surface area contributed by atoms with Gasteiger partial charge in [0.05, 0.1) is 4.90 Å². The first-order valence-electron chi connectivity index (χ1n) is 7.75. The Bertz CT molecular complexity index is 655. The molecule has 0 amide bonds. The molecule has 2 N–H and O–H groups in total. The molecule has 114 valence electrons. The lowest BCUT2D eigenvalue weighted by atomic mass is 10.2. The van der Waals surface area contributed by atoms with Crippen molar-refractivity contribution in [3.05, 3.63) is 23.8 Å². The summed E-state index contributed by atoms with van der Waals surface area (Å²) in [6.07, 6.45) is 4.44. The lowest BCUT2D eigenvalue weighted by Gasteiger charge is -2.16. The summed E-state index contributed by atoms with van der Waals surface area (Å²) in [6, 6.07) is 6.18. The minimum atomic E-state index is -3.41. The van der Waals surface area contributed by atoms with E-state index >= 15 is 0 Å². The number of rotatable bonds is 4. The minimum absolute atomic E-state index is 0.0526. The van der Waals surface area contributed by atoms with E-state index in [1.165, 1.54) is 18.4 Å². The van der Waals surface area contributed by atoms with Gasteiger partial charge in [0.15, 0.2) is 0 Å². The predicted octanol–water partition coefficient (Wildman–Crippen LogP) is 1.17. The number of benzene rings is 1. The van der Waals surface area contributed by atoms with Crippen LogP contribution in [-0.4, -0.2) is 45.0 Å². The van der Waals surface area contributed by atoms with Crippen LogP contribution in [0.1, 0.15) is 24.8 Å². The highest BCUT2D eigenvalue weighted by atomic mass is 32.2. The molecule has 1 aliphatic carbocycles. The van der Waals surface area contributed by atoms with Gasteiger partial charge >= 0.3 is 0 Å². The third-order valence-corrected chi connectivity index (χ3v) is 6.22. The maximum absolute atomic E-state index is 12.5. The van der Waals surface area contributed by atoms with Crippen molar-refractivity contribution in [2.75, 3.05) is 25.0 Å². The Morgan fingerprint density at radius 3 is 2.90 bits per heavy atom. The van der Waals surface area contributed by atoms with Gasteiger partial charge in [-0.25, -0.2) is 13.1 Å². The summed E-state index contributed by atoms with van der Waals surface area (Å²) >= 11 is 0. The molecule has 1 aromatic rings. The summed E-state index contributed by atoms with van der Waals surface area (Å²) in [7, 11) is -3.41. The van der Waals surface area contributed by atoms with Crippen molar-refractivity contribution in [2.45, 2.75) is 42.7 Å². The van der Waals surface area contributed by atoms with Crippen LogP contribution in [-0.2, 0) is 16.4 Å². The van der Waals surface area contributed by atoms with Crippen molar-refractivity contribution >= 4 is 15.7 Å². The van der Waals surface area contributed by atoms with Crippen LogP contribution in [0.15, 0.2) is 23.1 Å². The maximum Gasteiger partial charge on any atom is 0.240 e. The third kappa shape index (κ3) is 2.67. The van der Waals surface area contributed by atoms with E-state index in [1.807, 2.05) is 6.07 Å². The van der Waals surface area contributed by atoms with Gasteiger partial charge in [-0.3, -0.25) is 4.90 Å². The Morgan fingerprint density at radius 2 is 2.10 bits per heavy atom. The SMILES string of the molecule is O=S(=O)(NC1CCN(C2CC2)C1)c1ccc2c(c1)NCC2. The smallest absolute Gasteiger partial charge is 0.240 e. The quantitative estimate of drug-likeness (QED) is 0.876. The highest BCUT2D eigenvalue weighted by Crippen LogP contribution is 2.30. The average molecular weight is 307 g/mol. The van der Waals surface area contributed by atoms with Gasteiger partial charge in [-0.1, -0.05) is 6.07 Å². The van der Waals surface area contributed by atoms with Gasteiger partial charge in [0.25, 0.3) is 0 Å². The van der Waals surface area contributed by atoms with E-state index in [-0.39, 0.29) is 6.04 Å². The van der Waals surface area contributed by atoms with Crippen LogP contribution in [0, 0.1) is 0 Å². The zero-order chi connectivity index (χ0) is 14.4. The van der Waals surface area contributed by atoms with Crippen molar-refractivity contribution < 1.29 is 8.42 Å². The molecule has 3 aliphatic rings. The fourth-order valence-electron chi connectivity index (χ4n) is 3.38. The number of hydrogen-bond donors (Lipinski definition) is 2. The van der Waals surface area contributed by atoms with Gasteiger partial charge in [-0.2, -0.15) is 0 Å². The Morgan fingerprint density at radius 1 is 1.24 bits per heavy atom. The van der Waals surface area contributed by atoms with Gasteiger partial charge < -0.3 is 5.32 Å². The summed E-state index contributed by atoms with van der Waals surface area (Å²) in [6.45, 7) is 2.77. The molecule has 21 heavy (non-hydrogen) atoms. The molecule has 1 saturated heterocycles. The summed E-state index contributed by atoms with van der Waals surface area (Å²) in [5, 5.41) is 3.24. The summed E-state index contributed by atoms with van der Waals surface area (Å²) < 4.78 is 27.9. The molecule has 5 nitrogen and oxygen atoms in total. The van der Waals surface area contributed by atoms with E-state index in [1.54, 1.807) is 12.1 Å². The van der Waals surface area contributed by atoms with Crippen LogP contribution in [0.5, 0.6) is 0 Å². The van der Waals surface area contributed by atoms with Crippen molar-refractivity contribution in [1.82, 2.24) is 9.62 Å². The molecule has 1 aromatic carbocycles. The maximum atomic E-state index is 12.5. The van der Waals surface area contributed by atoms with E-state index in [0.717, 1.165) is 38.2 Å². The van der Waals surface area contributed by atoms with Gasteiger partial charge in [-0.15, -0.1) is 0 Å². The van der Waals surface area contributed by atoms with Crippen LogP contribution >= 0.6 is 0 Å².